The molecule has 5 heteroatoms. The van der Waals surface area contributed by atoms with Crippen LogP contribution < -0.4 is 5.32 Å². The molecular weight excluding hydrogens is 321 g/mol. The van der Waals surface area contributed by atoms with Crippen molar-refractivity contribution in [2.24, 2.45) is 0 Å². The summed E-state index contributed by atoms with van der Waals surface area (Å²) >= 11 is 0. The molecule has 132 valence electrons. The predicted molar refractivity (Wildman–Crippen MR) is 94.0 cm³/mol. The zero-order chi connectivity index (χ0) is 18.4. The number of carbonyl (C=O) groups excluding carboxylic acids is 2. The molecule has 0 radical (unpaired) electrons. The fraction of sp³-hybridized carbons (Fsp3) is 0.300. The molecule has 0 saturated carbocycles. The molecule has 1 N–H and O–H groups in total. The molecule has 0 unspecified atom stereocenters. The molecule has 0 bridgehead atoms. The van der Waals surface area contributed by atoms with E-state index in [2.05, 4.69) is 5.32 Å². The van der Waals surface area contributed by atoms with Crippen LogP contribution in [0, 0.1) is 5.82 Å². The molecule has 0 atom stereocenters. The average Bonchev–Trinajstić information content (AvgIpc) is 2.54. The van der Waals surface area contributed by atoms with Crippen LogP contribution in [0.4, 0.5) is 9.18 Å². The van der Waals surface area contributed by atoms with Crippen LogP contribution in [-0.2, 0) is 17.7 Å². The maximum absolute atomic E-state index is 12.9. The average molecular weight is 343 g/mol. The number of alkyl carbamates (subject to hydrolysis) is 1. The minimum Gasteiger partial charge on any atom is -0.444 e. The fourth-order valence-corrected chi connectivity index (χ4v) is 2.23. The Morgan fingerprint density at radius 1 is 1.04 bits per heavy atom. The standard InChI is InChI=1S/C20H22FNO3/c1-20(2,3)25-19(24)22-13-15-5-4-6-16(11-15)18(23)12-14-7-9-17(21)10-8-14/h4-11H,12-13H2,1-3H3,(H,22,24). The Hall–Kier alpha value is -2.69. The highest BCUT2D eigenvalue weighted by Gasteiger charge is 2.16. The molecule has 2 rings (SSSR count). The molecule has 2 aromatic rings. The van der Waals surface area contributed by atoms with Gasteiger partial charge in [-0.2, -0.15) is 0 Å². The van der Waals surface area contributed by atoms with Crippen LogP contribution in [0.3, 0.4) is 0 Å². The van der Waals surface area contributed by atoms with Crippen molar-refractivity contribution in [1.29, 1.82) is 0 Å². The second kappa shape index (κ2) is 7.92. The molecule has 25 heavy (non-hydrogen) atoms. The smallest absolute Gasteiger partial charge is 0.407 e. The van der Waals surface area contributed by atoms with Crippen LogP contribution in [-0.4, -0.2) is 17.5 Å². The minimum atomic E-state index is -0.558. The summed E-state index contributed by atoms with van der Waals surface area (Å²) in [4.78, 5) is 24.1. The van der Waals surface area contributed by atoms with Crippen molar-refractivity contribution in [1.82, 2.24) is 5.32 Å². The number of nitrogens with one attached hydrogen (secondary N) is 1. The van der Waals surface area contributed by atoms with Gasteiger partial charge in [0, 0.05) is 18.5 Å². The minimum absolute atomic E-state index is 0.0641. The van der Waals surface area contributed by atoms with Crippen LogP contribution >= 0.6 is 0 Å². The van der Waals surface area contributed by atoms with Gasteiger partial charge in [-0.25, -0.2) is 9.18 Å². The molecule has 0 aliphatic heterocycles. The second-order valence-electron chi connectivity index (χ2n) is 6.78. The molecule has 0 spiro atoms. The van der Waals surface area contributed by atoms with Gasteiger partial charge in [-0.05, 0) is 50.1 Å². The van der Waals surface area contributed by atoms with Crippen molar-refractivity contribution >= 4 is 11.9 Å². The van der Waals surface area contributed by atoms with E-state index in [-0.39, 0.29) is 24.6 Å². The van der Waals surface area contributed by atoms with Gasteiger partial charge >= 0.3 is 6.09 Å². The molecular formula is C20H22FNO3. The van der Waals surface area contributed by atoms with Gasteiger partial charge in [0.15, 0.2) is 5.78 Å². The quantitative estimate of drug-likeness (QED) is 0.825. The number of ketones is 1. The zero-order valence-electron chi connectivity index (χ0n) is 14.6. The van der Waals surface area contributed by atoms with E-state index in [4.69, 9.17) is 4.74 Å². The van der Waals surface area contributed by atoms with E-state index < -0.39 is 11.7 Å². The summed E-state index contributed by atoms with van der Waals surface area (Å²) in [7, 11) is 0. The highest BCUT2D eigenvalue weighted by Crippen LogP contribution is 2.12. The summed E-state index contributed by atoms with van der Waals surface area (Å²) < 4.78 is 18.1. The van der Waals surface area contributed by atoms with E-state index in [1.807, 2.05) is 6.07 Å². The molecule has 2 aromatic carbocycles. The number of Topliss-reactive ketones (excluding diaryl/α,β-unsaturated/α-hetero) is 1. The second-order valence-corrected chi connectivity index (χ2v) is 6.78. The summed E-state index contributed by atoms with van der Waals surface area (Å²) in [6, 6.07) is 12.9. The molecule has 0 saturated heterocycles. The maximum atomic E-state index is 12.9. The van der Waals surface area contributed by atoms with Gasteiger partial charge in [-0.3, -0.25) is 4.79 Å². The first kappa shape index (κ1) is 18.6. The van der Waals surface area contributed by atoms with Gasteiger partial charge in [0.2, 0.25) is 0 Å². The number of benzene rings is 2. The lowest BCUT2D eigenvalue weighted by Crippen LogP contribution is -2.32. The van der Waals surface area contributed by atoms with E-state index in [1.165, 1.54) is 12.1 Å². The summed E-state index contributed by atoms with van der Waals surface area (Å²) in [5.74, 6) is -0.392. The van der Waals surface area contributed by atoms with E-state index in [0.29, 0.717) is 5.56 Å². The Morgan fingerprint density at radius 2 is 1.72 bits per heavy atom. The van der Waals surface area contributed by atoms with E-state index >= 15 is 0 Å². The SMILES string of the molecule is CC(C)(C)OC(=O)NCc1cccc(C(=O)Cc2ccc(F)cc2)c1. The summed E-state index contributed by atoms with van der Waals surface area (Å²) in [6.07, 6.45) is -0.306. The Kier molecular flexibility index (Phi) is 5.91. The van der Waals surface area contributed by atoms with Gasteiger partial charge < -0.3 is 10.1 Å². The number of halogens is 1. The maximum Gasteiger partial charge on any atom is 0.407 e. The molecule has 0 heterocycles. The molecule has 0 aliphatic carbocycles. The van der Waals surface area contributed by atoms with Crippen LogP contribution in [0.5, 0.6) is 0 Å². The fourth-order valence-electron chi connectivity index (χ4n) is 2.23. The summed E-state index contributed by atoms with van der Waals surface area (Å²) in [6.45, 7) is 5.65. The van der Waals surface area contributed by atoms with Crippen LogP contribution in [0.15, 0.2) is 48.5 Å². The highest BCUT2D eigenvalue weighted by molar-refractivity contribution is 5.97. The number of amides is 1. The topological polar surface area (TPSA) is 55.4 Å². The third-order valence-electron chi connectivity index (χ3n) is 3.36. The van der Waals surface area contributed by atoms with E-state index in [0.717, 1.165) is 11.1 Å². The van der Waals surface area contributed by atoms with Crippen molar-refractivity contribution in [2.45, 2.75) is 39.3 Å². The largest absolute Gasteiger partial charge is 0.444 e. The number of rotatable bonds is 5. The van der Waals surface area contributed by atoms with Gasteiger partial charge in [-0.15, -0.1) is 0 Å². The lowest BCUT2D eigenvalue weighted by Gasteiger charge is -2.19. The molecule has 1 amide bonds. The third-order valence-corrected chi connectivity index (χ3v) is 3.36. The first-order valence-corrected chi connectivity index (χ1v) is 8.06. The Morgan fingerprint density at radius 3 is 2.36 bits per heavy atom. The van der Waals surface area contributed by atoms with Gasteiger partial charge in [0.25, 0.3) is 0 Å². The van der Waals surface area contributed by atoms with Gasteiger partial charge in [0.1, 0.15) is 11.4 Å². The summed E-state index contributed by atoms with van der Waals surface area (Å²) in [5.41, 5.74) is 1.55. The molecule has 0 aromatic heterocycles. The first-order valence-electron chi connectivity index (χ1n) is 8.06. The van der Waals surface area contributed by atoms with Crippen molar-refractivity contribution < 1.29 is 18.7 Å². The number of hydrogen-bond acceptors (Lipinski definition) is 3. The van der Waals surface area contributed by atoms with Crippen molar-refractivity contribution in [3.63, 3.8) is 0 Å². The van der Waals surface area contributed by atoms with Crippen molar-refractivity contribution in [2.75, 3.05) is 0 Å². The zero-order valence-corrected chi connectivity index (χ0v) is 14.6. The van der Waals surface area contributed by atoms with Crippen LogP contribution in [0.25, 0.3) is 0 Å². The number of ether oxygens (including phenoxy) is 1. The molecule has 4 nitrogen and oxygen atoms in total. The number of carbonyl (C=O) groups is 2. The van der Waals surface area contributed by atoms with Crippen LogP contribution in [0.1, 0.15) is 42.3 Å². The number of hydrogen-bond donors (Lipinski definition) is 1. The van der Waals surface area contributed by atoms with Crippen LogP contribution in [0.2, 0.25) is 0 Å². The van der Waals surface area contributed by atoms with Gasteiger partial charge in [-0.1, -0.05) is 30.3 Å². The normalized spacial score (nSPS) is 11.0. The highest BCUT2D eigenvalue weighted by atomic mass is 19.1. The monoisotopic (exact) mass is 343 g/mol. The third kappa shape index (κ3) is 6.37. The Balaban J connectivity index is 1.97. The molecule has 0 fully saturated rings. The van der Waals surface area contributed by atoms with Crippen molar-refractivity contribution in [3.05, 3.63) is 71.0 Å². The lowest BCUT2D eigenvalue weighted by molar-refractivity contribution is 0.0523. The van der Waals surface area contributed by atoms with E-state index in [9.17, 15) is 14.0 Å². The predicted octanol–water partition coefficient (Wildman–Crippen LogP) is 4.28. The Labute approximate surface area is 147 Å². The Bertz CT molecular complexity index is 748. The summed E-state index contributed by atoms with van der Waals surface area (Å²) in [5, 5.41) is 2.66. The van der Waals surface area contributed by atoms with Crippen molar-refractivity contribution in [3.8, 4) is 0 Å². The van der Waals surface area contributed by atoms with E-state index in [1.54, 1.807) is 51.1 Å². The first-order chi connectivity index (χ1) is 11.7. The molecule has 0 aliphatic rings. The van der Waals surface area contributed by atoms with Gasteiger partial charge in [0.05, 0.1) is 0 Å². The lowest BCUT2D eigenvalue weighted by atomic mass is 10.0.